The summed E-state index contributed by atoms with van der Waals surface area (Å²) in [4.78, 5) is 21.9. The predicted molar refractivity (Wildman–Crippen MR) is 65.5 cm³/mol. The maximum atomic E-state index is 11.6. The molecule has 0 aliphatic carbocycles. The lowest BCUT2D eigenvalue weighted by Crippen LogP contribution is -2.07. The van der Waals surface area contributed by atoms with Gasteiger partial charge in [0.05, 0.1) is 4.92 Å². The zero-order chi connectivity index (χ0) is 13.8. The van der Waals surface area contributed by atoms with Crippen LogP contribution in [0.1, 0.15) is 21.6 Å². The second kappa shape index (κ2) is 5.30. The summed E-state index contributed by atoms with van der Waals surface area (Å²) in [5.41, 5.74) is 1.34. The molecule has 0 fully saturated rings. The molecule has 0 aliphatic heterocycles. The maximum absolute atomic E-state index is 11.6. The van der Waals surface area contributed by atoms with E-state index in [2.05, 4.69) is 10.2 Å². The second-order valence-electron chi connectivity index (χ2n) is 3.86. The van der Waals surface area contributed by atoms with Gasteiger partial charge in [-0.25, -0.2) is 4.79 Å². The van der Waals surface area contributed by atoms with Gasteiger partial charge in [-0.3, -0.25) is 15.2 Å². The molecule has 1 heterocycles. The SMILES string of the molecule is Cc1c(COC(=O)c2ccn[nH]2)cccc1[N+](=O)[O-]. The molecule has 7 nitrogen and oxygen atoms in total. The van der Waals surface area contributed by atoms with Crippen LogP contribution in [0, 0.1) is 17.0 Å². The topological polar surface area (TPSA) is 98.1 Å². The van der Waals surface area contributed by atoms with Crippen LogP contribution >= 0.6 is 0 Å². The molecule has 0 unspecified atom stereocenters. The highest BCUT2D eigenvalue weighted by atomic mass is 16.6. The van der Waals surface area contributed by atoms with Gasteiger partial charge < -0.3 is 4.74 Å². The normalized spacial score (nSPS) is 10.2. The van der Waals surface area contributed by atoms with Gasteiger partial charge in [0.25, 0.3) is 5.69 Å². The van der Waals surface area contributed by atoms with Crippen LogP contribution in [-0.4, -0.2) is 21.1 Å². The molecular formula is C12H11N3O4. The third-order valence-corrected chi connectivity index (χ3v) is 2.69. The van der Waals surface area contributed by atoms with E-state index < -0.39 is 10.9 Å². The first-order valence-electron chi connectivity index (χ1n) is 5.49. The molecular weight excluding hydrogens is 250 g/mol. The Kier molecular flexibility index (Phi) is 3.56. The van der Waals surface area contributed by atoms with Gasteiger partial charge >= 0.3 is 5.97 Å². The van der Waals surface area contributed by atoms with Crippen molar-refractivity contribution in [1.29, 1.82) is 0 Å². The van der Waals surface area contributed by atoms with Crippen molar-refractivity contribution in [3.8, 4) is 0 Å². The van der Waals surface area contributed by atoms with E-state index in [1.807, 2.05) is 0 Å². The maximum Gasteiger partial charge on any atom is 0.356 e. The molecule has 0 bridgehead atoms. The molecule has 0 saturated heterocycles. The highest BCUT2D eigenvalue weighted by Crippen LogP contribution is 2.21. The first kappa shape index (κ1) is 12.7. The van der Waals surface area contributed by atoms with Crippen molar-refractivity contribution in [2.24, 2.45) is 0 Å². The number of hydrogen-bond acceptors (Lipinski definition) is 5. The smallest absolute Gasteiger partial charge is 0.356 e. The van der Waals surface area contributed by atoms with Gasteiger partial charge in [0.15, 0.2) is 0 Å². The summed E-state index contributed by atoms with van der Waals surface area (Å²) in [7, 11) is 0. The fourth-order valence-corrected chi connectivity index (χ4v) is 1.61. The first-order valence-corrected chi connectivity index (χ1v) is 5.49. The molecule has 0 atom stereocenters. The zero-order valence-corrected chi connectivity index (χ0v) is 10.1. The van der Waals surface area contributed by atoms with Gasteiger partial charge in [-0.05, 0) is 18.6 Å². The number of aromatic nitrogens is 2. The first-order chi connectivity index (χ1) is 9.09. The highest BCUT2D eigenvalue weighted by molar-refractivity contribution is 5.86. The average molecular weight is 261 g/mol. The average Bonchev–Trinajstić information content (AvgIpc) is 2.90. The lowest BCUT2D eigenvalue weighted by molar-refractivity contribution is -0.385. The monoisotopic (exact) mass is 261 g/mol. The van der Waals surface area contributed by atoms with E-state index in [1.54, 1.807) is 19.1 Å². The van der Waals surface area contributed by atoms with Gasteiger partial charge in [0.1, 0.15) is 12.3 Å². The standard InChI is InChI=1S/C12H11N3O4/c1-8-9(3-2-4-11(8)15(17)18)7-19-12(16)10-5-6-13-14-10/h2-6H,7H2,1H3,(H,13,14). The summed E-state index contributed by atoms with van der Waals surface area (Å²) >= 11 is 0. The largest absolute Gasteiger partial charge is 0.456 e. The van der Waals surface area contributed by atoms with Crippen molar-refractivity contribution in [3.63, 3.8) is 0 Å². The molecule has 1 N–H and O–H groups in total. The predicted octanol–water partition coefficient (Wildman–Crippen LogP) is 1.98. The Morgan fingerprint density at radius 3 is 2.89 bits per heavy atom. The van der Waals surface area contributed by atoms with Crippen molar-refractivity contribution in [2.45, 2.75) is 13.5 Å². The summed E-state index contributed by atoms with van der Waals surface area (Å²) in [6, 6.07) is 6.14. The van der Waals surface area contributed by atoms with Crippen LogP contribution in [0.3, 0.4) is 0 Å². The van der Waals surface area contributed by atoms with E-state index in [9.17, 15) is 14.9 Å². The Balaban J connectivity index is 2.10. The lowest BCUT2D eigenvalue weighted by atomic mass is 10.1. The van der Waals surface area contributed by atoms with Crippen molar-refractivity contribution >= 4 is 11.7 Å². The van der Waals surface area contributed by atoms with Crippen LogP contribution in [0.5, 0.6) is 0 Å². The van der Waals surface area contributed by atoms with E-state index in [4.69, 9.17) is 4.74 Å². The van der Waals surface area contributed by atoms with Crippen molar-refractivity contribution in [1.82, 2.24) is 10.2 Å². The third-order valence-electron chi connectivity index (χ3n) is 2.69. The number of nitro benzene ring substituents is 1. The molecule has 0 spiro atoms. The van der Waals surface area contributed by atoms with Crippen LogP contribution in [0.25, 0.3) is 0 Å². The van der Waals surface area contributed by atoms with Gasteiger partial charge in [0, 0.05) is 17.8 Å². The summed E-state index contributed by atoms with van der Waals surface area (Å²) in [6.45, 7) is 1.60. The number of carbonyl (C=O) groups excluding carboxylic acids is 1. The van der Waals surface area contributed by atoms with Gasteiger partial charge in [-0.2, -0.15) is 5.10 Å². The van der Waals surface area contributed by atoms with Gasteiger partial charge in [0.2, 0.25) is 0 Å². The van der Waals surface area contributed by atoms with E-state index in [0.29, 0.717) is 11.1 Å². The summed E-state index contributed by atoms with van der Waals surface area (Å²) in [6.07, 6.45) is 1.44. The van der Waals surface area contributed by atoms with E-state index >= 15 is 0 Å². The van der Waals surface area contributed by atoms with Gasteiger partial charge in [-0.15, -0.1) is 0 Å². The summed E-state index contributed by atoms with van der Waals surface area (Å²) in [5, 5.41) is 16.9. The number of hydrogen-bond donors (Lipinski definition) is 1. The number of nitro groups is 1. The fourth-order valence-electron chi connectivity index (χ4n) is 1.61. The molecule has 0 amide bonds. The molecule has 1 aromatic carbocycles. The van der Waals surface area contributed by atoms with Gasteiger partial charge in [-0.1, -0.05) is 12.1 Å². The number of carbonyl (C=O) groups is 1. The van der Waals surface area contributed by atoms with E-state index in [0.717, 1.165) is 0 Å². The third kappa shape index (κ3) is 2.76. The van der Waals surface area contributed by atoms with Crippen molar-refractivity contribution < 1.29 is 14.5 Å². The molecule has 98 valence electrons. The molecule has 19 heavy (non-hydrogen) atoms. The minimum absolute atomic E-state index is 0.00934. The minimum Gasteiger partial charge on any atom is -0.456 e. The molecule has 0 saturated carbocycles. The number of benzene rings is 1. The zero-order valence-electron chi connectivity index (χ0n) is 10.1. The van der Waals surface area contributed by atoms with Crippen LogP contribution in [0.2, 0.25) is 0 Å². The Morgan fingerprint density at radius 2 is 2.26 bits per heavy atom. The van der Waals surface area contributed by atoms with E-state index in [-0.39, 0.29) is 18.0 Å². The van der Waals surface area contributed by atoms with Crippen molar-refractivity contribution in [3.05, 3.63) is 57.4 Å². The van der Waals surface area contributed by atoms with Crippen LogP contribution in [-0.2, 0) is 11.3 Å². The fraction of sp³-hybridized carbons (Fsp3) is 0.167. The Labute approximate surface area is 108 Å². The molecule has 2 rings (SSSR count). The van der Waals surface area contributed by atoms with Crippen LogP contribution in [0.4, 0.5) is 5.69 Å². The Bertz CT molecular complexity index is 607. The lowest BCUT2D eigenvalue weighted by Gasteiger charge is -2.06. The molecule has 0 aliphatic rings. The molecule has 2 aromatic rings. The number of aromatic amines is 1. The molecule has 0 radical (unpaired) electrons. The molecule has 1 aromatic heterocycles. The molecule has 7 heteroatoms. The van der Waals surface area contributed by atoms with Crippen molar-refractivity contribution in [2.75, 3.05) is 0 Å². The van der Waals surface area contributed by atoms with Crippen LogP contribution < -0.4 is 0 Å². The number of H-pyrrole nitrogens is 1. The Hall–Kier alpha value is -2.70. The number of nitrogens with zero attached hydrogens (tertiary/aromatic N) is 2. The van der Waals surface area contributed by atoms with Crippen LogP contribution in [0.15, 0.2) is 30.5 Å². The number of rotatable bonds is 4. The minimum atomic E-state index is -0.552. The summed E-state index contributed by atoms with van der Waals surface area (Å²) < 4.78 is 5.06. The number of nitrogens with one attached hydrogen (secondary N) is 1. The Morgan fingerprint density at radius 1 is 1.47 bits per heavy atom. The number of ether oxygens (including phenoxy) is 1. The quantitative estimate of drug-likeness (QED) is 0.515. The summed E-state index contributed by atoms with van der Waals surface area (Å²) in [5.74, 6) is -0.552. The number of esters is 1. The van der Waals surface area contributed by atoms with E-state index in [1.165, 1.54) is 18.3 Å². The highest BCUT2D eigenvalue weighted by Gasteiger charge is 2.15. The second-order valence-corrected chi connectivity index (χ2v) is 3.86.